The molecule has 0 unspecified atom stereocenters. The third-order valence-electron chi connectivity index (χ3n) is 6.58. The second kappa shape index (κ2) is 12.8. The van der Waals surface area contributed by atoms with Crippen molar-refractivity contribution in [3.8, 4) is 22.5 Å². The number of carbonyl (C=O) groups excluding carboxylic acids is 1. The number of nitrogens with zero attached hydrogens (tertiary/aromatic N) is 5. The standard InChI is InChI=1S/C29H30N6O6.HI/c1-5-8-23-30-25(29(3,4)38)24(27(36)39-16-22-17(2)40-28(37)41-22)35(23)15-18-11-13-19(14-12-18)20-9-6-7-10-21(20)26-31-33-34-32-26;/h6-7,9-14,38H,5,8,15-16H2,1-4H3,(H,31,32,33,34);1H. The van der Waals surface area contributed by atoms with Crippen LogP contribution in [0.25, 0.3) is 22.5 Å². The molecule has 42 heavy (non-hydrogen) atoms. The number of aromatic amines is 1. The molecular weight excluding hydrogens is 655 g/mol. The van der Waals surface area contributed by atoms with Crippen LogP contribution in [0.2, 0.25) is 0 Å². The van der Waals surface area contributed by atoms with E-state index >= 15 is 0 Å². The number of carbonyl (C=O) groups is 1. The van der Waals surface area contributed by atoms with Crippen LogP contribution >= 0.6 is 24.0 Å². The number of rotatable bonds is 10. The SMILES string of the molecule is CCCc1nc(C(C)(C)O)c(C(=O)OCc2oc(=O)oc2C)n1Cc1ccc(-c2ccccc2-c2nn[nH]n2)cc1.I. The van der Waals surface area contributed by atoms with Gasteiger partial charge in [0.2, 0.25) is 5.82 Å². The molecule has 3 heterocycles. The molecule has 0 aliphatic rings. The van der Waals surface area contributed by atoms with Gasteiger partial charge in [-0.1, -0.05) is 55.5 Å². The molecule has 0 saturated carbocycles. The van der Waals surface area contributed by atoms with Gasteiger partial charge in [-0.05, 0) is 49.1 Å². The highest BCUT2D eigenvalue weighted by Gasteiger charge is 2.33. The summed E-state index contributed by atoms with van der Waals surface area (Å²) in [5.74, 6) is -0.0831. The molecule has 0 spiro atoms. The van der Waals surface area contributed by atoms with Crippen LogP contribution in [0, 0.1) is 6.92 Å². The summed E-state index contributed by atoms with van der Waals surface area (Å²) in [5, 5.41) is 25.3. The number of H-pyrrole nitrogens is 1. The predicted molar refractivity (Wildman–Crippen MR) is 162 cm³/mol. The molecule has 2 aromatic carbocycles. The Morgan fingerprint density at radius 1 is 1.10 bits per heavy atom. The molecule has 0 bridgehead atoms. The van der Waals surface area contributed by atoms with Gasteiger partial charge in [0.1, 0.15) is 17.1 Å². The van der Waals surface area contributed by atoms with Crippen LogP contribution in [0.5, 0.6) is 0 Å². The van der Waals surface area contributed by atoms with E-state index in [9.17, 15) is 14.7 Å². The summed E-state index contributed by atoms with van der Waals surface area (Å²) < 4.78 is 17.1. The maximum atomic E-state index is 13.5. The number of hydrogen-bond donors (Lipinski definition) is 2. The van der Waals surface area contributed by atoms with Crippen molar-refractivity contribution in [3.63, 3.8) is 0 Å². The van der Waals surface area contributed by atoms with E-state index in [4.69, 9.17) is 13.6 Å². The fourth-order valence-corrected chi connectivity index (χ4v) is 4.60. The van der Waals surface area contributed by atoms with Gasteiger partial charge in [0.05, 0.1) is 0 Å². The van der Waals surface area contributed by atoms with Crippen molar-refractivity contribution in [1.29, 1.82) is 0 Å². The molecule has 0 saturated heterocycles. The van der Waals surface area contributed by atoms with Gasteiger partial charge >= 0.3 is 11.8 Å². The van der Waals surface area contributed by atoms with Crippen LogP contribution in [-0.4, -0.2) is 41.3 Å². The highest BCUT2D eigenvalue weighted by molar-refractivity contribution is 14.0. The first-order chi connectivity index (χ1) is 19.7. The van der Waals surface area contributed by atoms with Crippen LogP contribution in [0.3, 0.4) is 0 Å². The fourth-order valence-electron chi connectivity index (χ4n) is 4.60. The van der Waals surface area contributed by atoms with E-state index in [0.29, 0.717) is 24.6 Å². The van der Waals surface area contributed by atoms with Crippen LogP contribution in [0.1, 0.15) is 66.3 Å². The van der Waals surface area contributed by atoms with Crippen LogP contribution in [-0.2, 0) is 29.9 Å². The second-order valence-corrected chi connectivity index (χ2v) is 10.1. The Bertz CT molecular complexity index is 1710. The molecule has 0 aliphatic heterocycles. The third kappa shape index (κ3) is 6.51. The summed E-state index contributed by atoms with van der Waals surface area (Å²) >= 11 is 0. The lowest BCUT2D eigenvalue weighted by atomic mass is 9.98. The van der Waals surface area contributed by atoms with Crippen molar-refractivity contribution >= 4 is 29.9 Å². The molecule has 13 heteroatoms. The van der Waals surface area contributed by atoms with Gasteiger partial charge in [0.15, 0.2) is 23.8 Å². The minimum atomic E-state index is -1.41. The number of tetrazole rings is 1. The number of aryl methyl sites for hydroxylation is 2. The third-order valence-corrected chi connectivity index (χ3v) is 6.58. The molecule has 0 amide bonds. The topological polar surface area (TPSA) is 162 Å². The minimum absolute atomic E-state index is 0. The first-order valence-electron chi connectivity index (χ1n) is 13.2. The number of aromatic nitrogens is 6. The van der Waals surface area contributed by atoms with Crippen molar-refractivity contribution in [2.75, 3.05) is 0 Å². The van der Waals surface area contributed by atoms with Crippen molar-refractivity contribution in [2.45, 2.75) is 59.3 Å². The van der Waals surface area contributed by atoms with E-state index in [0.717, 1.165) is 28.7 Å². The molecule has 5 aromatic rings. The number of imidazole rings is 1. The van der Waals surface area contributed by atoms with Crippen molar-refractivity contribution in [1.82, 2.24) is 30.2 Å². The average Bonchev–Trinajstić information content (AvgIpc) is 3.67. The van der Waals surface area contributed by atoms with Crippen LogP contribution in [0.15, 0.2) is 62.2 Å². The van der Waals surface area contributed by atoms with Crippen LogP contribution in [0.4, 0.5) is 0 Å². The Labute approximate surface area is 258 Å². The number of benzene rings is 2. The van der Waals surface area contributed by atoms with E-state index in [1.165, 1.54) is 0 Å². The fraction of sp³-hybridized carbons (Fsp3) is 0.310. The number of esters is 1. The largest absolute Gasteiger partial charge is 0.519 e. The Morgan fingerprint density at radius 2 is 1.81 bits per heavy atom. The van der Waals surface area contributed by atoms with Gasteiger partial charge in [-0.25, -0.2) is 14.6 Å². The van der Waals surface area contributed by atoms with Crippen LogP contribution < -0.4 is 5.82 Å². The molecule has 5 rings (SSSR count). The summed E-state index contributed by atoms with van der Waals surface area (Å²) in [6.45, 7) is 6.72. The molecular formula is C29H31IN6O6. The molecule has 12 nitrogen and oxygen atoms in total. The number of nitrogens with one attached hydrogen (secondary N) is 1. The molecule has 0 radical (unpaired) electrons. The van der Waals surface area contributed by atoms with Gasteiger partial charge in [-0.3, -0.25) is 0 Å². The molecule has 2 N–H and O–H groups in total. The second-order valence-electron chi connectivity index (χ2n) is 10.1. The predicted octanol–water partition coefficient (Wildman–Crippen LogP) is 4.79. The van der Waals surface area contributed by atoms with Gasteiger partial charge in [0.25, 0.3) is 0 Å². The zero-order valence-electron chi connectivity index (χ0n) is 23.6. The molecule has 0 fully saturated rings. The first-order valence-corrected chi connectivity index (χ1v) is 13.2. The average molecular weight is 687 g/mol. The zero-order chi connectivity index (χ0) is 29.1. The molecule has 0 aliphatic carbocycles. The lowest BCUT2D eigenvalue weighted by Gasteiger charge is -2.17. The molecule has 220 valence electrons. The zero-order valence-corrected chi connectivity index (χ0v) is 25.9. The number of halogens is 1. The quantitative estimate of drug-likeness (QED) is 0.154. The lowest BCUT2D eigenvalue weighted by Crippen LogP contribution is -2.23. The van der Waals surface area contributed by atoms with E-state index in [2.05, 4.69) is 25.6 Å². The van der Waals surface area contributed by atoms with Crippen molar-refractivity contribution in [3.05, 3.63) is 93.4 Å². The van der Waals surface area contributed by atoms with Crippen molar-refractivity contribution in [2.24, 2.45) is 0 Å². The van der Waals surface area contributed by atoms with Gasteiger partial charge in [0, 0.05) is 18.5 Å². The number of aliphatic hydroxyl groups is 1. The van der Waals surface area contributed by atoms with Crippen molar-refractivity contribution < 1.29 is 23.5 Å². The molecule has 0 atom stereocenters. The smallest absolute Gasteiger partial charge is 0.453 e. The summed E-state index contributed by atoms with van der Waals surface area (Å²) in [7, 11) is 0. The highest BCUT2D eigenvalue weighted by atomic mass is 127. The summed E-state index contributed by atoms with van der Waals surface area (Å²) in [6.07, 6.45) is 1.37. The Hall–Kier alpha value is -4.11. The maximum Gasteiger partial charge on any atom is 0.519 e. The lowest BCUT2D eigenvalue weighted by molar-refractivity contribution is 0.0395. The van der Waals surface area contributed by atoms with E-state index in [1.54, 1.807) is 25.3 Å². The summed E-state index contributed by atoms with van der Waals surface area (Å²) in [4.78, 5) is 29.5. The molecule has 3 aromatic heterocycles. The number of ether oxygens (including phenoxy) is 1. The van der Waals surface area contributed by atoms with Gasteiger partial charge in [-0.15, -0.1) is 34.2 Å². The number of hydrogen-bond acceptors (Lipinski definition) is 10. The first kappa shape index (κ1) is 30.8. The highest BCUT2D eigenvalue weighted by Crippen LogP contribution is 2.31. The Morgan fingerprint density at radius 3 is 2.40 bits per heavy atom. The summed E-state index contributed by atoms with van der Waals surface area (Å²) in [5.41, 5.74) is 2.60. The van der Waals surface area contributed by atoms with Gasteiger partial charge < -0.3 is 23.2 Å². The van der Waals surface area contributed by atoms with E-state index in [-0.39, 0.29) is 53.5 Å². The van der Waals surface area contributed by atoms with Gasteiger partial charge in [-0.2, -0.15) is 5.21 Å². The summed E-state index contributed by atoms with van der Waals surface area (Å²) in [6, 6.07) is 15.7. The normalized spacial score (nSPS) is 11.4. The Balaban J connectivity index is 0.00000405. The minimum Gasteiger partial charge on any atom is -0.453 e. The maximum absolute atomic E-state index is 13.5. The Kier molecular flexibility index (Phi) is 9.41. The van der Waals surface area contributed by atoms with E-state index < -0.39 is 17.4 Å². The van der Waals surface area contributed by atoms with E-state index in [1.807, 2.05) is 55.5 Å². The monoisotopic (exact) mass is 686 g/mol.